The Hall–Kier alpha value is -1.06. The summed E-state index contributed by atoms with van der Waals surface area (Å²) in [6.45, 7) is 0.349. The van der Waals surface area contributed by atoms with Crippen molar-refractivity contribution in [2.75, 3.05) is 13.2 Å². The molecular formula is C10H13NO2. The van der Waals surface area contributed by atoms with E-state index in [-0.39, 0.29) is 6.61 Å². The maximum Gasteiger partial charge on any atom is 0.122 e. The van der Waals surface area contributed by atoms with Crippen LogP contribution in [0.5, 0.6) is 5.75 Å². The number of para-hydroxylation sites is 1. The molecule has 1 aromatic rings. The molecule has 3 nitrogen and oxygen atoms in total. The van der Waals surface area contributed by atoms with Gasteiger partial charge < -0.3 is 15.6 Å². The van der Waals surface area contributed by atoms with Crippen molar-refractivity contribution < 1.29 is 9.84 Å². The third kappa shape index (κ3) is 1.53. The van der Waals surface area contributed by atoms with Gasteiger partial charge in [0.2, 0.25) is 0 Å². The summed E-state index contributed by atoms with van der Waals surface area (Å²) in [5.74, 6) is 0.886. The number of rotatable bonds is 1. The van der Waals surface area contributed by atoms with E-state index in [1.165, 1.54) is 0 Å². The second-order valence-corrected chi connectivity index (χ2v) is 3.59. The standard InChI is InChI=1S/C10H13NO2/c11-10(6-12)5-8-3-1-2-4-9(8)13-7-10/h1-4,12H,5-7,11H2/t10-/m0/s1. The van der Waals surface area contributed by atoms with Crippen LogP contribution in [0, 0.1) is 0 Å². The van der Waals surface area contributed by atoms with Crippen LogP contribution in [-0.4, -0.2) is 23.9 Å². The van der Waals surface area contributed by atoms with Gasteiger partial charge in [-0.05, 0) is 18.1 Å². The lowest BCUT2D eigenvalue weighted by Crippen LogP contribution is -2.53. The van der Waals surface area contributed by atoms with E-state index < -0.39 is 5.54 Å². The zero-order chi connectivity index (χ0) is 9.31. The highest BCUT2D eigenvalue weighted by atomic mass is 16.5. The molecule has 1 aliphatic rings. The minimum atomic E-state index is -0.603. The Labute approximate surface area is 77.1 Å². The van der Waals surface area contributed by atoms with E-state index in [0.29, 0.717) is 13.0 Å². The van der Waals surface area contributed by atoms with Gasteiger partial charge in [0.1, 0.15) is 12.4 Å². The topological polar surface area (TPSA) is 55.5 Å². The van der Waals surface area contributed by atoms with Gasteiger partial charge in [0.15, 0.2) is 0 Å². The lowest BCUT2D eigenvalue weighted by atomic mass is 9.91. The second-order valence-electron chi connectivity index (χ2n) is 3.59. The molecule has 2 rings (SSSR count). The van der Waals surface area contributed by atoms with Crippen LogP contribution >= 0.6 is 0 Å². The molecule has 3 N–H and O–H groups in total. The number of aliphatic hydroxyl groups is 1. The number of nitrogens with two attached hydrogens (primary N) is 1. The van der Waals surface area contributed by atoms with Crippen LogP contribution < -0.4 is 10.5 Å². The monoisotopic (exact) mass is 179 g/mol. The van der Waals surface area contributed by atoms with E-state index in [0.717, 1.165) is 11.3 Å². The van der Waals surface area contributed by atoms with Crippen LogP contribution in [0.4, 0.5) is 0 Å². The van der Waals surface area contributed by atoms with Gasteiger partial charge in [-0.2, -0.15) is 0 Å². The van der Waals surface area contributed by atoms with Crippen molar-refractivity contribution in [2.24, 2.45) is 5.73 Å². The highest BCUT2D eigenvalue weighted by Crippen LogP contribution is 2.27. The van der Waals surface area contributed by atoms with Crippen molar-refractivity contribution in [3.05, 3.63) is 29.8 Å². The summed E-state index contributed by atoms with van der Waals surface area (Å²) in [4.78, 5) is 0. The smallest absolute Gasteiger partial charge is 0.122 e. The van der Waals surface area contributed by atoms with Crippen molar-refractivity contribution in [1.29, 1.82) is 0 Å². The van der Waals surface area contributed by atoms with Crippen molar-refractivity contribution in [1.82, 2.24) is 0 Å². The van der Waals surface area contributed by atoms with E-state index in [9.17, 15) is 0 Å². The Bertz CT molecular complexity index is 314. The summed E-state index contributed by atoms with van der Waals surface area (Å²) in [7, 11) is 0. The fourth-order valence-electron chi connectivity index (χ4n) is 1.54. The highest BCUT2D eigenvalue weighted by molar-refractivity contribution is 5.36. The second kappa shape index (κ2) is 3.01. The van der Waals surface area contributed by atoms with E-state index in [4.69, 9.17) is 15.6 Å². The van der Waals surface area contributed by atoms with Crippen LogP contribution in [-0.2, 0) is 6.42 Å². The van der Waals surface area contributed by atoms with Gasteiger partial charge in [0, 0.05) is 0 Å². The molecule has 0 aromatic heterocycles. The van der Waals surface area contributed by atoms with Gasteiger partial charge in [0.25, 0.3) is 0 Å². The minimum absolute atomic E-state index is 0.0403. The molecule has 3 heteroatoms. The molecule has 0 bridgehead atoms. The predicted octanol–water partition coefficient (Wildman–Crippen LogP) is 0.311. The van der Waals surface area contributed by atoms with Gasteiger partial charge in [-0.1, -0.05) is 18.2 Å². The highest BCUT2D eigenvalue weighted by Gasteiger charge is 2.30. The van der Waals surface area contributed by atoms with Crippen LogP contribution in [0.3, 0.4) is 0 Å². The maximum absolute atomic E-state index is 9.07. The first-order valence-corrected chi connectivity index (χ1v) is 4.34. The Kier molecular flexibility index (Phi) is 1.98. The summed E-state index contributed by atoms with van der Waals surface area (Å²) in [6.07, 6.45) is 0.680. The van der Waals surface area contributed by atoms with Gasteiger partial charge in [-0.3, -0.25) is 0 Å². The fourth-order valence-corrected chi connectivity index (χ4v) is 1.54. The third-order valence-electron chi connectivity index (χ3n) is 2.35. The summed E-state index contributed by atoms with van der Waals surface area (Å²) in [5.41, 5.74) is 6.37. The summed E-state index contributed by atoms with van der Waals surface area (Å²) in [6, 6.07) is 7.78. The largest absolute Gasteiger partial charge is 0.491 e. The predicted molar refractivity (Wildman–Crippen MR) is 49.6 cm³/mol. The normalized spacial score (nSPS) is 26.3. The zero-order valence-corrected chi connectivity index (χ0v) is 7.36. The maximum atomic E-state index is 9.07. The lowest BCUT2D eigenvalue weighted by molar-refractivity contribution is 0.118. The van der Waals surface area contributed by atoms with Crippen molar-refractivity contribution in [3.8, 4) is 5.75 Å². The quantitative estimate of drug-likeness (QED) is 0.652. The Morgan fingerprint density at radius 3 is 3.00 bits per heavy atom. The molecule has 1 atom stereocenters. The molecule has 0 saturated carbocycles. The van der Waals surface area contributed by atoms with Gasteiger partial charge in [-0.25, -0.2) is 0 Å². The van der Waals surface area contributed by atoms with Crippen LogP contribution in [0.15, 0.2) is 24.3 Å². The molecule has 70 valence electrons. The molecule has 13 heavy (non-hydrogen) atoms. The average Bonchev–Trinajstić information content (AvgIpc) is 2.18. The molecule has 0 fully saturated rings. The molecule has 0 saturated heterocycles. The fraction of sp³-hybridized carbons (Fsp3) is 0.400. The minimum Gasteiger partial charge on any atom is -0.491 e. The van der Waals surface area contributed by atoms with Crippen LogP contribution in [0.25, 0.3) is 0 Å². The number of hydrogen-bond acceptors (Lipinski definition) is 3. The molecule has 1 aromatic carbocycles. The molecule has 0 amide bonds. The summed E-state index contributed by atoms with van der Waals surface area (Å²) in [5, 5.41) is 9.07. The van der Waals surface area contributed by atoms with E-state index in [2.05, 4.69) is 0 Å². The summed E-state index contributed by atoms with van der Waals surface area (Å²) >= 11 is 0. The molecule has 1 aliphatic heterocycles. The lowest BCUT2D eigenvalue weighted by Gasteiger charge is -2.32. The Morgan fingerprint density at radius 1 is 1.46 bits per heavy atom. The Morgan fingerprint density at radius 2 is 2.23 bits per heavy atom. The van der Waals surface area contributed by atoms with Gasteiger partial charge in [0.05, 0.1) is 12.1 Å². The molecular weight excluding hydrogens is 166 g/mol. The van der Waals surface area contributed by atoms with Crippen molar-refractivity contribution in [2.45, 2.75) is 12.0 Å². The van der Waals surface area contributed by atoms with Crippen LogP contribution in [0.2, 0.25) is 0 Å². The third-order valence-corrected chi connectivity index (χ3v) is 2.35. The molecule has 0 radical (unpaired) electrons. The molecule has 1 heterocycles. The first-order chi connectivity index (χ1) is 6.23. The first kappa shape index (κ1) is 8.53. The number of benzene rings is 1. The van der Waals surface area contributed by atoms with Crippen molar-refractivity contribution >= 4 is 0 Å². The van der Waals surface area contributed by atoms with Gasteiger partial charge >= 0.3 is 0 Å². The SMILES string of the molecule is N[C@@]1(CO)COc2ccccc2C1. The van der Waals surface area contributed by atoms with Gasteiger partial charge in [-0.15, -0.1) is 0 Å². The first-order valence-electron chi connectivity index (χ1n) is 4.34. The summed E-state index contributed by atoms with van der Waals surface area (Å²) < 4.78 is 5.44. The van der Waals surface area contributed by atoms with E-state index in [1.807, 2.05) is 24.3 Å². The average molecular weight is 179 g/mol. The molecule has 0 spiro atoms. The van der Waals surface area contributed by atoms with E-state index in [1.54, 1.807) is 0 Å². The zero-order valence-electron chi connectivity index (χ0n) is 7.36. The number of ether oxygens (including phenoxy) is 1. The van der Waals surface area contributed by atoms with Crippen LogP contribution in [0.1, 0.15) is 5.56 Å². The number of fused-ring (bicyclic) bond motifs is 1. The number of hydrogen-bond donors (Lipinski definition) is 2. The molecule has 0 aliphatic carbocycles. The van der Waals surface area contributed by atoms with E-state index >= 15 is 0 Å². The number of aliphatic hydroxyl groups excluding tert-OH is 1. The van der Waals surface area contributed by atoms with Crippen molar-refractivity contribution in [3.63, 3.8) is 0 Å². The molecule has 0 unspecified atom stereocenters. The Balaban J connectivity index is 2.29.